The van der Waals surface area contributed by atoms with E-state index in [0.29, 0.717) is 5.02 Å². The van der Waals surface area contributed by atoms with Gasteiger partial charge in [0.15, 0.2) is 0 Å². The first-order valence-corrected chi connectivity index (χ1v) is 11.2. The quantitative estimate of drug-likeness (QED) is 0.803. The highest BCUT2D eigenvalue weighted by atomic mass is 35.5. The molecule has 2 N–H and O–H groups in total. The molecule has 142 valence electrons. The van der Waals surface area contributed by atoms with Crippen LogP contribution in [0.2, 0.25) is 5.02 Å². The van der Waals surface area contributed by atoms with Crippen LogP contribution in [-0.4, -0.2) is 25.9 Å². The molecular weight excluding hydrogens is 372 g/mol. The van der Waals surface area contributed by atoms with Gasteiger partial charge in [-0.05, 0) is 87.5 Å². The number of carbonyl (C=O) groups excluding carboxylic acids is 1. The van der Waals surface area contributed by atoms with E-state index in [2.05, 4.69) is 10.0 Å². The Kier molecular flexibility index (Phi) is 4.56. The van der Waals surface area contributed by atoms with E-state index in [-0.39, 0.29) is 16.3 Å². The average Bonchev–Trinajstić information content (AvgIpc) is 2.53. The SMILES string of the molecule is CC(NS(=O)(=O)c1ccc(Cl)cc1)C(=O)NC12CC3CC(CC(C3)C1)C2. The molecule has 0 aromatic heterocycles. The smallest absolute Gasteiger partial charge is 0.241 e. The van der Waals surface area contributed by atoms with E-state index in [9.17, 15) is 13.2 Å². The average molecular weight is 397 g/mol. The molecule has 0 saturated heterocycles. The molecule has 1 atom stereocenters. The largest absolute Gasteiger partial charge is 0.349 e. The zero-order valence-electron chi connectivity index (χ0n) is 14.9. The van der Waals surface area contributed by atoms with Crippen LogP contribution in [0, 0.1) is 17.8 Å². The van der Waals surface area contributed by atoms with Crippen LogP contribution in [0.1, 0.15) is 45.4 Å². The van der Waals surface area contributed by atoms with Gasteiger partial charge >= 0.3 is 0 Å². The third kappa shape index (κ3) is 3.51. The zero-order valence-corrected chi connectivity index (χ0v) is 16.4. The standard InChI is InChI=1S/C19H25ClN2O3S/c1-12(22-26(24,25)17-4-2-16(20)3-5-17)18(23)21-19-9-13-6-14(10-19)8-15(7-13)11-19/h2-5,12-15,22H,6-11H2,1H3,(H,21,23). The molecule has 0 radical (unpaired) electrons. The minimum Gasteiger partial charge on any atom is -0.349 e. The van der Waals surface area contributed by atoms with Crippen molar-refractivity contribution in [2.75, 3.05) is 0 Å². The van der Waals surface area contributed by atoms with E-state index in [1.54, 1.807) is 6.92 Å². The fourth-order valence-corrected chi connectivity index (χ4v) is 6.93. The summed E-state index contributed by atoms with van der Waals surface area (Å²) in [5.41, 5.74) is -0.119. The van der Waals surface area contributed by atoms with Gasteiger partial charge in [-0.1, -0.05) is 11.6 Å². The Hall–Kier alpha value is -1.11. The van der Waals surface area contributed by atoms with Crippen molar-refractivity contribution in [3.63, 3.8) is 0 Å². The lowest BCUT2D eigenvalue weighted by atomic mass is 9.53. The first kappa shape index (κ1) is 18.3. The highest BCUT2D eigenvalue weighted by Crippen LogP contribution is 2.55. The molecule has 1 unspecified atom stereocenters. The molecule has 1 amide bonds. The van der Waals surface area contributed by atoms with E-state index >= 15 is 0 Å². The Morgan fingerprint density at radius 3 is 2.08 bits per heavy atom. The van der Waals surface area contributed by atoms with E-state index in [1.165, 1.54) is 43.5 Å². The maximum atomic E-state index is 12.7. The van der Waals surface area contributed by atoms with Gasteiger partial charge < -0.3 is 5.32 Å². The second-order valence-corrected chi connectivity index (χ2v) is 10.6. The molecule has 7 heteroatoms. The third-order valence-corrected chi connectivity index (χ3v) is 8.08. The predicted molar refractivity (Wildman–Crippen MR) is 100 cm³/mol. The van der Waals surface area contributed by atoms with E-state index < -0.39 is 16.1 Å². The Balaban J connectivity index is 1.43. The van der Waals surface area contributed by atoms with E-state index in [0.717, 1.165) is 37.0 Å². The topological polar surface area (TPSA) is 75.3 Å². The molecule has 5 rings (SSSR count). The fourth-order valence-electron chi connectivity index (χ4n) is 5.60. The number of hydrogen-bond acceptors (Lipinski definition) is 3. The summed E-state index contributed by atoms with van der Waals surface area (Å²) < 4.78 is 27.5. The van der Waals surface area contributed by atoms with Crippen LogP contribution in [0.15, 0.2) is 29.2 Å². The molecule has 5 nitrogen and oxygen atoms in total. The Morgan fingerprint density at radius 1 is 1.08 bits per heavy atom. The Bertz CT molecular complexity index is 771. The number of rotatable bonds is 5. The van der Waals surface area contributed by atoms with Gasteiger partial charge in [0.05, 0.1) is 10.9 Å². The predicted octanol–water partition coefficient (Wildman–Crippen LogP) is 3.09. The molecule has 0 aliphatic heterocycles. The van der Waals surface area contributed by atoms with Crippen LogP contribution >= 0.6 is 11.6 Å². The molecule has 4 bridgehead atoms. The van der Waals surface area contributed by atoms with Crippen molar-refractivity contribution in [2.45, 2.75) is 61.9 Å². The summed E-state index contributed by atoms with van der Waals surface area (Å²) in [6.45, 7) is 1.60. The molecule has 1 aromatic rings. The maximum Gasteiger partial charge on any atom is 0.241 e. The number of hydrogen-bond donors (Lipinski definition) is 2. The first-order valence-electron chi connectivity index (χ1n) is 9.35. The number of benzene rings is 1. The molecule has 4 saturated carbocycles. The van der Waals surface area contributed by atoms with Crippen molar-refractivity contribution in [2.24, 2.45) is 17.8 Å². The van der Waals surface area contributed by atoms with Gasteiger partial charge in [-0.15, -0.1) is 0 Å². The summed E-state index contributed by atoms with van der Waals surface area (Å²) >= 11 is 5.81. The van der Waals surface area contributed by atoms with E-state index in [4.69, 9.17) is 11.6 Å². The van der Waals surface area contributed by atoms with Crippen molar-refractivity contribution in [3.8, 4) is 0 Å². The number of amides is 1. The van der Waals surface area contributed by atoms with Crippen molar-refractivity contribution < 1.29 is 13.2 Å². The molecule has 4 aliphatic carbocycles. The Morgan fingerprint density at radius 2 is 1.58 bits per heavy atom. The molecule has 1 aromatic carbocycles. The third-order valence-electron chi connectivity index (χ3n) is 6.28. The van der Waals surface area contributed by atoms with Crippen molar-refractivity contribution in [1.82, 2.24) is 10.0 Å². The molecule has 4 fully saturated rings. The second kappa shape index (κ2) is 6.50. The van der Waals surface area contributed by atoms with Gasteiger partial charge in [-0.2, -0.15) is 4.72 Å². The number of carbonyl (C=O) groups is 1. The fraction of sp³-hybridized carbons (Fsp3) is 0.632. The molecular formula is C19H25ClN2O3S. The summed E-state index contributed by atoms with van der Waals surface area (Å²) in [6, 6.07) is 5.11. The summed E-state index contributed by atoms with van der Waals surface area (Å²) in [4.78, 5) is 12.8. The highest BCUT2D eigenvalue weighted by Gasteiger charge is 2.51. The van der Waals surface area contributed by atoms with Crippen LogP contribution in [0.5, 0.6) is 0 Å². The first-order chi connectivity index (χ1) is 12.2. The van der Waals surface area contributed by atoms with Crippen LogP contribution in [0.3, 0.4) is 0 Å². The van der Waals surface area contributed by atoms with Gasteiger partial charge in [0.1, 0.15) is 0 Å². The second-order valence-electron chi connectivity index (χ2n) is 8.48. The maximum absolute atomic E-state index is 12.7. The highest BCUT2D eigenvalue weighted by molar-refractivity contribution is 7.89. The van der Waals surface area contributed by atoms with Crippen LogP contribution in [-0.2, 0) is 14.8 Å². The van der Waals surface area contributed by atoms with Crippen LogP contribution in [0.4, 0.5) is 0 Å². The molecule has 0 heterocycles. The normalized spacial score (nSPS) is 33.8. The molecule has 4 aliphatic rings. The van der Waals surface area contributed by atoms with Crippen LogP contribution < -0.4 is 10.0 Å². The summed E-state index contributed by atoms with van der Waals surface area (Å²) in [6.07, 6.45) is 7.03. The Labute approximate surface area is 159 Å². The van der Waals surface area contributed by atoms with Crippen molar-refractivity contribution >= 4 is 27.5 Å². The van der Waals surface area contributed by atoms with Gasteiger partial charge in [-0.25, -0.2) is 8.42 Å². The van der Waals surface area contributed by atoms with Crippen molar-refractivity contribution in [1.29, 1.82) is 0 Å². The minimum absolute atomic E-state index is 0.108. The van der Waals surface area contributed by atoms with Gasteiger partial charge in [0.2, 0.25) is 15.9 Å². The lowest BCUT2D eigenvalue weighted by Crippen LogP contribution is -2.62. The van der Waals surface area contributed by atoms with E-state index in [1.807, 2.05) is 0 Å². The monoisotopic (exact) mass is 396 g/mol. The minimum atomic E-state index is -3.76. The van der Waals surface area contributed by atoms with Gasteiger partial charge in [-0.3, -0.25) is 4.79 Å². The zero-order chi connectivity index (χ0) is 18.5. The molecule has 26 heavy (non-hydrogen) atoms. The van der Waals surface area contributed by atoms with Gasteiger partial charge in [0.25, 0.3) is 0 Å². The van der Waals surface area contributed by atoms with Crippen molar-refractivity contribution in [3.05, 3.63) is 29.3 Å². The number of nitrogens with one attached hydrogen (secondary N) is 2. The molecule has 0 spiro atoms. The summed E-state index contributed by atoms with van der Waals surface area (Å²) in [5, 5.41) is 3.69. The lowest BCUT2D eigenvalue weighted by Gasteiger charge is -2.57. The van der Waals surface area contributed by atoms with Crippen LogP contribution in [0.25, 0.3) is 0 Å². The summed E-state index contributed by atoms with van der Waals surface area (Å²) in [7, 11) is -3.76. The lowest BCUT2D eigenvalue weighted by molar-refractivity contribution is -0.128. The van der Waals surface area contributed by atoms with Gasteiger partial charge in [0, 0.05) is 10.6 Å². The number of sulfonamides is 1. The number of halogens is 1. The summed E-state index contributed by atoms with van der Waals surface area (Å²) in [5.74, 6) is 1.94.